The van der Waals surface area contributed by atoms with Crippen molar-refractivity contribution in [3.63, 3.8) is 0 Å². The average molecular weight is 197 g/mol. The van der Waals surface area contributed by atoms with Crippen LogP contribution < -0.4 is 0 Å². The zero-order valence-corrected chi connectivity index (χ0v) is 8.36. The van der Waals surface area contributed by atoms with Crippen LogP contribution in [0.2, 0.25) is 0 Å². The van der Waals surface area contributed by atoms with E-state index in [-0.39, 0.29) is 0 Å². The number of ether oxygens (including phenoxy) is 1. The number of nitrogens with zero attached hydrogens (tertiary/aromatic N) is 1. The zero-order valence-electron chi connectivity index (χ0n) is 8.36. The first-order valence-corrected chi connectivity index (χ1v) is 5.09. The topological polar surface area (TPSA) is 46.6 Å². The first-order valence-electron chi connectivity index (χ1n) is 5.09. The van der Waals surface area contributed by atoms with E-state index in [0.29, 0.717) is 11.8 Å². The lowest BCUT2D eigenvalue weighted by Crippen LogP contribution is -2.36. The molecule has 1 amide bonds. The minimum absolute atomic E-state index is 0.470. The van der Waals surface area contributed by atoms with Crippen molar-refractivity contribution < 1.29 is 14.3 Å². The van der Waals surface area contributed by atoms with Crippen molar-refractivity contribution in [2.75, 3.05) is 20.2 Å². The molecule has 1 aliphatic heterocycles. The van der Waals surface area contributed by atoms with Gasteiger partial charge in [0.1, 0.15) is 0 Å². The number of amides is 1. The lowest BCUT2D eigenvalue weighted by molar-refractivity contribution is -0.157. The highest BCUT2D eigenvalue weighted by Crippen LogP contribution is 2.37. The summed E-state index contributed by atoms with van der Waals surface area (Å²) in [5, 5.41) is 0. The van der Waals surface area contributed by atoms with Crippen LogP contribution in [-0.4, -0.2) is 37.0 Å². The van der Waals surface area contributed by atoms with Crippen molar-refractivity contribution in [2.24, 2.45) is 11.8 Å². The second-order valence-electron chi connectivity index (χ2n) is 4.15. The van der Waals surface area contributed by atoms with E-state index < -0.39 is 11.9 Å². The van der Waals surface area contributed by atoms with E-state index in [2.05, 4.69) is 4.74 Å². The van der Waals surface area contributed by atoms with Crippen molar-refractivity contribution in [1.29, 1.82) is 0 Å². The van der Waals surface area contributed by atoms with E-state index in [0.717, 1.165) is 13.1 Å². The fraction of sp³-hybridized carbons (Fsp3) is 0.800. The molecule has 0 bridgehead atoms. The van der Waals surface area contributed by atoms with Gasteiger partial charge in [-0.15, -0.1) is 0 Å². The maximum absolute atomic E-state index is 11.5. The van der Waals surface area contributed by atoms with E-state index in [1.165, 1.54) is 26.4 Å². The third kappa shape index (κ3) is 1.49. The number of rotatable bonds is 0. The predicted molar refractivity (Wildman–Crippen MR) is 49.4 cm³/mol. The summed E-state index contributed by atoms with van der Waals surface area (Å²) in [6, 6.07) is 0. The van der Waals surface area contributed by atoms with Crippen LogP contribution in [0.15, 0.2) is 0 Å². The summed E-state index contributed by atoms with van der Waals surface area (Å²) in [5.74, 6) is 0.0547. The molecule has 4 heteroatoms. The van der Waals surface area contributed by atoms with Crippen LogP contribution >= 0.6 is 0 Å². The minimum atomic E-state index is -0.732. The second-order valence-corrected chi connectivity index (χ2v) is 4.15. The van der Waals surface area contributed by atoms with Gasteiger partial charge in [-0.2, -0.15) is 0 Å². The molecule has 0 spiro atoms. The van der Waals surface area contributed by atoms with E-state index >= 15 is 0 Å². The average Bonchev–Trinajstić information content (AvgIpc) is 2.74. The molecule has 2 unspecified atom stereocenters. The number of methoxy groups -OCH3 is 1. The fourth-order valence-corrected chi connectivity index (χ4v) is 2.62. The summed E-state index contributed by atoms with van der Waals surface area (Å²) in [6.45, 7) is 1.50. The second kappa shape index (κ2) is 3.59. The van der Waals surface area contributed by atoms with Gasteiger partial charge in [-0.1, -0.05) is 6.42 Å². The Kier molecular flexibility index (Phi) is 2.44. The van der Waals surface area contributed by atoms with E-state index in [4.69, 9.17) is 0 Å². The summed E-state index contributed by atoms with van der Waals surface area (Å²) in [5.41, 5.74) is 0. The van der Waals surface area contributed by atoms with E-state index in [1.54, 1.807) is 4.90 Å². The normalized spacial score (nSPS) is 30.2. The molecule has 2 atom stereocenters. The standard InChI is InChI=1S/C10H15NO3/c1-14-10(13)9(12)11-5-7-3-2-4-8(7)6-11/h7-8H,2-6H2,1H3. The number of hydrogen-bond donors (Lipinski definition) is 0. The number of likely N-dealkylation sites (tertiary alicyclic amines) is 1. The first kappa shape index (κ1) is 9.49. The molecule has 1 saturated heterocycles. The smallest absolute Gasteiger partial charge is 0.396 e. The van der Waals surface area contributed by atoms with Crippen LogP contribution in [-0.2, 0) is 14.3 Å². The maximum Gasteiger partial charge on any atom is 0.396 e. The zero-order chi connectivity index (χ0) is 10.1. The van der Waals surface area contributed by atoms with Crippen molar-refractivity contribution in [2.45, 2.75) is 19.3 Å². The third-order valence-electron chi connectivity index (χ3n) is 3.37. The molecule has 0 radical (unpaired) electrons. The van der Waals surface area contributed by atoms with Crippen LogP contribution in [0.1, 0.15) is 19.3 Å². The van der Waals surface area contributed by atoms with Gasteiger partial charge in [0.25, 0.3) is 0 Å². The monoisotopic (exact) mass is 197 g/mol. The van der Waals surface area contributed by atoms with Gasteiger partial charge in [0, 0.05) is 13.1 Å². The van der Waals surface area contributed by atoms with Crippen molar-refractivity contribution in [1.82, 2.24) is 4.90 Å². The lowest BCUT2D eigenvalue weighted by Gasteiger charge is -2.14. The van der Waals surface area contributed by atoms with Gasteiger partial charge in [-0.05, 0) is 24.7 Å². The largest absolute Gasteiger partial charge is 0.462 e. The molecule has 14 heavy (non-hydrogen) atoms. The summed E-state index contributed by atoms with van der Waals surface area (Å²) >= 11 is 0. The number of carbonyl (C=O) groups is 2. The fourth-order valence-electron chi connectivity index (χ4n) is 2.62. The molecule has 78 valence electrons. The van der Waals surface area contributed by atoms with Gasteiger partial charge >= 0.3 is 11.9 Å². The lowest BCUT2D eigenvalue weighted by atomic mass is 10.0. The van der Waals surface area contributed by atoms with Crippen LogP contribution in [0.3, 0.4) is 0 Å². The SMILES string of the molecule is COC(=O)C(=O)N1CC2CCCC2C1. The maximum atomic E-state index is 11.5. The summed E-state index contributed by atoms with van der Waals surface area (Å²) in [4.78, 5) is 24.1. The van der Waals surface area contributed by atoms with Crippen LogP contribution in [0.5, 0.6) is 0 Å². The van der Waals surface area contributed by atoms with Crippen molar-refractivity contribution in [3.05, 3.63) is 0 Å². The Hall–Kier alpha value is -1.06. The predicted octanol–water partition coefficient (Wildman–Crippen LogP) is 0.418. The first-order chi connectivity index (χ1) is 6.72. The van der Waals surface area contributed by atoms with Crippen molar-refractivity contribution >= 4 is 11.9 Å². The molecule has 0 N–H and O–H groups in total. The van der Waals surface area contributed by atoms with Gasteiger partial charge in [0.2, 0.25) is 0 Å². The van der Waals surface area contributed by atoms with Crippen LogP contribution in [0.4, 0.5) is 0 Å². The summed E-state index contributed by atoms with van der Waals surface area (Å²) in [6.07, 6.45) is 3.68. The van der Waals surface area contributed by atoms with E-state index in [1.807, 2.05) is 0 Å². The molecule has 4 nitrogen and oxygen atoms in total. The Morgan fingerprint density at radius 2 is 1.79 bits per heavy atom. The molecule has 2 fully saturated rings. The molecule has 2 rings (SSSR count). The number of fused-ring (bicyclic) bond motifs is 1. The highest BCUT2D eigenvalue weighted by molar-refractivity contribution is 6.32. The van der Waals surface area contributed by atoms with Crippen LogP contribution in [0.25, 0.3) is 0 Å². The molecule has 1 heterocycles. The number of carbonyl (C=O) groups excluding carboxylic acids is 2. The molecule has 2 aliphatic rings. The number of hydrogen-bond acceptors (Lipinski definition) is 3. The van der Waals surface area contributed by atoms with Gasteiger partial charge in [0.15, 0.2) is 0 Å². The number of esters is 1. The van der Waals surface area contributed by atoms with Crippen molar-refractivity contribution in [3.8, 4) is 0 Å². The molecular weight excluding hydrogens is 182 g/mol. The highest BCUT2D eigenvalue weighted by Gasteiger charge is 2.39. The van der Waals surface area contributed by atoms with Gasteiger partial charge in [-0.3, -0.25) is 4.79 Å². The van der Waals surface area contributed by atoms with Gasteiger partial charge < -0.3 is 9.64 Å². The molecule has 0 aromatic carbocycles. The van der Waals surface area contributed by atoms with E-state index in [9.17, 15) is 9.59 Å². The van der Waals surface area contributed by atoms with Crippen LogP contribution in [0, 0.1) is 11.8 Å². The third-order valence-corrected chi connectivity index (χ3v) is 3.37. The van der Waals surface area contributed by atoms with Gasteiger partial charge in [-0.25, -0.2) is 4.79 Å². The minimum Gasteiger partial charge on any atom is -0.462 e. The molecule has 0 aromatic rings. The molecule has 0 aromatic heterocycles. The Balaban J connectivity index is 1.95. The summed E-state index contributed by atoms with van der Waals surface area (Å²) < 4.78 is 4.42. The van der Waals surface area contributed by atoms with Gasteiger partial charge in [0.05, 0.1) is 7.11 Å². The molecule has 1 aliphatic carbocycles. The Morgan fingerprint density at radius 1 is 1.21 bits per heavy atom. The molecular formula is C10H15NO3. The Morgan fingerprint density at radius 3 is 2.29 bits per heavy atom. The summed E-state index contributed by atoms with van der Waals surface area (Å²) in [7, 11) is 1.25. The Labute approximate surface area is 83.2 Å². The Bertz CT molecular complexity index is 252. The molecule has 1 saturated carbocycles. The highest BCUT2D eigenvalue weighted by atomic mass is 16.5. The quantitative estimate of drug-likeness (QED) is 0.417.